The van der Waals surface area contributed by atoms with Crippen LogP contribution in [0.5, 0.6) is 0 Å². The van der Waals surface area contributed by atoms with Crippen LogP contribution in [0.3, 0.4) is 0 Å². The highest BCUT2D eigenvalue weighted by molar-refractivity contribution is 7.88. The van der Waals surface area contributed by atoms with Gasteiger partial charge >= 0.3 is 0 Å². The van der Waals surface area contributed by atoms with E-state index in [2.05, 4.69) is 4.98 Å². The Morgan fingerprint density at radius 3 is 2.89 bits per heavy atom. The topological polar surface area (TPSA) is 53.2 Å². The van der Waals surface area contributed by atoms with E-state index in [0.29, 0.717) is 24.5 Å². The second-order valence-corrected chi connectivity index (χ2v) is 7.04. The van der Waals surface area contributed by atoms with E-state index in [-0.39, 0.29) is 0 Å². The van der Waals surface area contributed by atoms with Crippen molar-refractivity contribution in [1.29, 1.82) is 0 Å². The lowest BCUT2D eigenvalue weighted by Crippen LogP contribution is -2.34. The Labute approximate surface area is 111 Å². The number of fused-ring (bicyclic) bond motifs is 3. The minimum atomic E-state index is -3.13. The zero-order valence-corrected chi connectivity index (χ0v) is 11.5. The number of sulfonamides is 1. The fourth-order valence-electron chi connectivity index (χ4n) is 2.45. The van der Waals surface area contributed by atoms with Crippen molar-refractivity contribution in [2.75, 3.05) is 12.8 Å². The molecule has 2 heterocycles. The highest BCUT2D eigenvalue weighted by Gasteiger charge is 2.25. The number of hydrogen-bond donors (Lipinski definition) is 1. The third-order valence-electron chi connectivity index (χ3n) is 3.37. The minimum Gasteiger partial charge on any atom is -0.358 e. The van der Waals surface area contributed by atoms with E-state index in [1.54, 1.807) is 0 Å². The third kappa shape index (κ3) is 1.92. The molecule has 3 rings (SSSR count). The van der Waals surface area contributed by atoms with E-state index in [1.807, 2.05) is 18.2 Å². The van der Waals surface area contributed by atoms with Crippen LogP contribution in [-0.4, -0.2) is 30.5 Å². The molecule has 0 fully saturated rings. The van der Waals surface area contributed by atoms with Crippen LogP contribution in [0.2, 0.25) is 5.02 Å². The van der Waals surface area contributed by atoms with Crippen LogP contribution < -0.4 is 0 Å². The molecule has 0 aliphatic carbocycles. The minimum absolute atomic E-state index is 0.440. The van der Waals surface area contributed by atoms with Crippen LogP contribution in [0.15, 0.2) is 18.2 Å². The van der Waals surface area contributed by atoms with E-state index in [4.69, 9.17) is 11.6 Å². The second kappa shape index (κ2) is 3.98. The molecule has 1 aromatic carbocycles. The summed E-state index contributed by atoms with van der Waals surface area (Å²) in [5.41, 5.74) is 3.16. The lowest BCUT2D eigenvalue weighted by atomic mass is 10.1. The first-order valence-corrected chi connectivity index (χ1v) is 7.92. The number of nitrogens with zero attached hydrogens (tertiary/aromatic N) is 1. The Bertz CT molecular complexity index is 721. The molecule has 2 aromatic rings. The van der Waals surface area contributed by atoms with Gasteiger partial charge in [0.2, 0.25) is 10.0 Å². The molecule has 1 N–H and O–H groups in total. The number of hydrogen-bond acceptors (Lipinski definition) is 2. The summed E-state index contributed by atoms with van der Waals surface area (Å²) in [6.45, 7) is 0.974. The van der Waals surface area contributed by atoms with Crippen molar-refractivity contribution in [2.24, 2.45) is 0 Å². The molecule has 0 unspecified atom stereocenters. The summed E-state index contributed by atoms with van der Waals surface area (Å²) in [6, 6.07) is 5.65. The number of aromatic nitrogens is 1. The van der Waals surface area contributed by atoms with E-state index in [1.165, 1.54) is 10.6 Å². The average Bonchev–Trinajstić information content (AvgIpc) is 2.63. The molecule has 0 atom stereocenters. The molecule has 1 aliphatic heterocycles. The summed E-state index contributed by atoms with van der Waals surface area (Å²) < 4.78 is 24.7. The van der Waals surface area contributed by atoms with Gasteiger partial charge in [-0.15, -0.1) is 0 Å². The van der Waals surface area contributed by atoms with E-state index < -0.39 is 10.0 Å². The molecule has 18 heavy (non-hydrogen) atoms. The Balaban J connectivity index is 2.12. The van der Waals surface area contributed by atoms with Crippen molar-refractivity contribution >= 4 is 32.5 Å². The third-order valence-corrected chi connectivity index (χ3v) is 4.86. The van der Waals surface area contributed by atoms with Crippen molar-refractivity contribution in [2.45, 2.75) is 13.0 Å². The molecular weight excluding hydrogens is 272 g/mol. The SMILES string of the molecule is CS(=O)(=O)N1CCc2[nH]c3cc(Cl)ccc3c2C1. The van der Waals surface area contributed by atoms with Crippen LogP contribution in [0.4, 0.5) is 0 Å². The maximum Gasteiger partial charge on any atom is 0.211 e. The van der Waals surface area contributed by atoms with Gasteiger partial charge in [0.1, 0.15) is 0 Å². The second-order valence-electron chi connectivity index (χ2n) is 4.62. The van der Waals surface area contributed by atoms with Gasteiger partial charge in [-0.2, -0.15) is 4.31 Å². The van der Waals surface area contributed by atoms with Gasteiger partial charge < -0.3 is 4.98 Å². The van der Waals surface area contributed by atoms with Crippen molar-refractivity contribution < 1.29 is 8.42 Å². The van der Waals surface area contributed by atoms with Gasteiger partial charge in [-0.05, 0) is 17.7 Å². The summed E-state index contributed by atoms with van der Waals surface area (Å²) in [6.07, 6.45) is 1.97. The van der Waals surface area contributed by atoms with Crippen LogP contribution in [0.25, 0.3) is 10.9 Å². The quantitative estimate of drug-likeness (QED) is 0.872. The van der Waals surface area contributed by atoms with Gasteiger partial charge in [0.15, 0.2) is 0 Å². The van der Waals surface area contributed by atoms with Crippen LogP contribution in [0.1, 0.15) is 11.3 Å². The van der Waals surface area contributed by atoms with Gasteiger partial charge in [0, 0.05) is 41.1 Å². The molecule has 96 valence electrons. The average molecular weight is 285 g/mol. The Morgan fingerprint density at radius 2 is 2.17 bits per heavy atom. The molecule has 0 amide bonds. The van der Waals surface area contributed by atoms with Gasteiger partial charge in [0.05, 0.1) is 6.26 Å². The first-order valence-electron chi connectivity index (χ1n) is 5.69. The summed E-state index contributed by atoms with van der Waals surface area (Å²) in [5, 5.41) is 1.74. The number of aromatic amines is 1. The van der Waals surface area contributed by atoms with Gasteiger partial charge in [-0.3, -0.25) is 0 Å². The molecule has 4 nitrogen and oxygen atoms in total. The molecular formula is C12H13ClN2O2S. The fraction of sp³-hybridized carbons (Fsp3) is 0.333. The summed E-state index contributed by atoms with van der Waals surface area (Å²) >= 11 is 5.96. The van der Waals surface area contributed by atoms with E-state index in [9.17, 15) is 8.42 Å². The first-order chi connectivity index (χ1) is 8.45. The molecule has 0 saturated carbocycles. The van der Waals surface area contributed by atoms with Crippen molar-refractivity contribution in [3.05, 3.63) is 34.5 Å². The van der Waals surface area contributed by atoms with Gasteiger partial charge in [-0.25, -0.2) is 8.42 Å². The van der Waals surface area contributed by atoms with Gasteiger partial charge in [0.25, 0.3) is 0 Å². The van der Waals surface area contributed by atoms with Crippen molar-refractivity contribution in [1.82, 2.24) is 9.29 Å². The summed E-state index contributed by atoms with van der Waals surface area (Å²) in [5.74, 6) is 0. The Kier molecular flexibility index (Phi) is 2.66. The first kappa shape index (κ1) is 12.0. The predicted molar refractivity (Wildman–Crippen MR) is 72.3 cm³/mol. The highest BCUT2D eigenvalue weighted by Crippen LogP contribution is 2.30. The molecule has 0 bridgehead atoms. The van der Waals surface area contributed by atoms with Gasteiger partial charge in [-0.1, -0.05) is 17.7 Å². The molecule has 6 heteroatoms. The largest absolute Gasteiger partial charge is 0.358 e. The van der Waals surface area contributed by atoms with Crippen LogP contribution in [-0.2, 0) is 23.0 Å². The fourth-order valence-corrected chi connectivity index (χ4v) is 3.41. The van der Waals surface area contributed by atoms with Crippen molar-refractivity contribution in [3.8, 4) is 0 Å². The number of benzene rings is 1. The molecule has 0 saturated heterocycles. The smallest absolute Gasteiger partial charge is 0.211 e. The maximum absolute atomic E-state index is 11.6. The maximum atomic E-state index is 11.6. The Hall–Kier alpha value is -1.04. The zero-order chi connectivity index (χ0) is 12.9. The van der Waals surface area contributed by atoms with E-state index >= 15 is 0 Å². The lowest BCUT2D eigenvalue weighted by Gasteiger charge is -2.24. The number of nitrogens with one attached hydrogen (secondary N) is 1. The number of rotatable bonds is 1. The summed E-state index contributed by atoms with van der Waals surface area (Å²) in [4.78, 5) is 3.32. The number of H-pyrrole nitrogens is 1. The molecule has 0 radical (unpaired) electrons. The Morgan fingerprint density at radius 1 is 1.39 bits per heavy atom. The normalized spacial score (nSPS) is 17.0. The standard InChI is InChI=1S/C12H13ClN2O2S/c1-18(16,17)15-5-4-11-10(7-15)9-3-2-8(13)6-12(9)14-11/h2-3,6,14H,4-5,7H2,1H3. The van der Waals surface area contributed by atoms with E-state index in [0.717, 1.165) is 22.2 Å². The van der Waals surface area contributed by atoms with Crippen molar-refractivity contribution in [3.63, 3.8) is 0 Å². The molecule has 1 aromatic heterocycles. The zero-order valence-electron chi connectivity index (χ0n) is 9.90. The van der Waals surface area contributed by atoms with Crippen LogP contribution in [0, 0.1) is 0 Å². The highest BCUT2D eigenvalue weighted by atomic mass is 35.5. The monoisotopic (exact) mass is 284 g/mol. The molecule has 0 spiro atoms. The summed E-state index contributed by atoms with van der Waals surface area (Å²) in [7, 11) is -3.13. The lowest BCUT2D eigenvalue weighted by molar-refractivity contribution is 0.395. The number of halogens is 1. The predicted octanol–water partition coefficient (Wildman–Crippen LogP) is 2.14. The molecule has 1 aliphatic rings. The van der Waals surface area contributed by atoms with Crippen LogP contribution >= 0.6 is 11.6 Å².